The van der Waals surface area contributed by atoms with Crippen molar-refractivity contribution < 1.29 is 9.47 Å². The number of nitrogens with one attached hydrogen (secondary N) is 1. The van der Waals surface area contributed by atoms with Gasteiger partial charge in [-0.3, -0.25) is 0 Å². The van der Waals surface area contributed by atoms with Gasteiger partial charge in [-0.25, -0.2) is 0 Å². The first-order valence-electron chi connectivity index (χ1n) is 7.26. The first-order chi connectivity index (χ1) is 8.85. The molecule has 18 heavy (non-hydrogen) atoms. The van der Waals surface area contributed by atoms with Crippen LogP contribution in [0.1, 0.15) is 32.1 Å². The molecule has 0 aromatic heterocycles. The Kier molecular flexibility index (Phi) is 6.29. The third kappa shape index (κ3) is 4.41. The van der Waals surface area contributed by atoms with E-state index < -0.39 is 0 Å². The lowest BCUT2D eigenvalue weighted by molar-refractivity contribution is -0.103. The topological polar surface area (TPSA) is 30.5 Å². The summed E-state index contributed by atoms with van der Waals surface area (Å²) in [5.74, 6) is 3.44. The number of ether oxygens (including phenoxy) is 2. The highest BCUT2D eigenvalue weighted by molar-refractivity contribution is 7.99. The van der Waals surface area contributed by atoms with E-state index in [0.717, 1.165) is 32.2 Å². The highest BCUT2D eigenvalue weighted by Gasteiger charge is 2.38. The van der Waals surface area contributed by atoms with Gasteiger partial charge in [0.15, 0.2) is 0 Å². The van der Waals surface area contributed by atoms with Crippen LogP contribution in [-0.2, 0) is 9.47 Å². The van der Waals surface area contributed by atoms with Crippen molar-refractivity contribution in [2.24, 2.45) is 5.92 Å². The average Bonchev–Trinajstić information content (AvgIpc) is 2.40. The molecule has 3 nitrogen and oxygen atoms in total. The van der Waals surface area contributed by atoms with Crippen LogP contribution in [0.5, 0.6) is 0 Å². The third-order valence-corrected chi connectivity index (χ3v) is 5.20. The lowest BCUT2D eigenvalue weighted by Crippen LogP contribution is -2.43. The zero-order valence-corrected chi connectivity index (χ0v) is 12.4. The summed E-state index contributed by atoms with van der Waals surface area (Å²) in [6.45, 7) is 3.89. The summed E-state index contributed by atoms with van der Waals surface area (Å²) in [5, 5.41) is 3.46. The number of rotatable bonds is 6. The van der Waals surface area contributed by atoms with Crippen molar-refractivity contribution in [3.63, 3.8) is 0 Å². The van der Waals surface area contributed by atoms with Crippen LogP contribution in [0.4, 0.5) is 0 Å². The van der Waals surface area contributed by atoms with Crippen LogP contribution >= 0.6 is 11.8 Å². The normalized spacial score (nSPS) is 27.5. The van der Waals surface area contributed by atoms with E-state index in [9.17, 15) is 0 Å². The summed E-state index contributed by atoms with van der Waals surface area (Å²) in [6, 6.07) is 0. The molecule has 2 saturated heterocycles. The van der Waals surface area contributed by atoms with Crippen molar-refractivity contribution in [3.8, 4) is 0 Å². The molecule has 0 aromatic rings. The van der Waals surface area contributed by atoms with Crippen LogP contribution in [0, 0.1) is 5.92 Å². The van der Waals surface area contributed by atoms with Crippen molar-refractivity contribution in [1.29, 1.82) is 0 Å². The molecule has 0 radical (unpaired) electrons. The van der Waals surface area contributed by atoms with Gasteiger partial charge >= 0.3 is 0 Å². The summed E-state index contributed by atoms with van der Waals surface area (Å²) < 4.78 is 11.2. The molecule has 106 valence electrons. The molecule has 0 saturated carbocycles. The summed E-state index contributed by atoms with van der Waals surface area (Å²) in [7, 11) is 1.75. The Morgan fingerprint density at radius 1 is 1.33 bits per heavy atom. The van der Waals surface area contributed by atoms with E-state index in [1.54, 1.807) is 7.11 Å². The predicted octanol–water partition coefficient (Wildman–Crippen LogP) is 2.30. The van der Waals surface area contributed by atoms with Gasteiger partial charge < -0.3 is 14.8 Å². The van der Waals surface area contributed by atoms with Crippen LogP contribution in [0.25, 0.3) is 0 Å². The van der Waals surface area contributed by atoms with E-state index in [0.29, 0.717) is 0 Å². The minimum atomic E-state index is 0.251. The van der Waals surface area contributed by atoms with Crippen molar-refractivity contribution >= 4 is 11.8 Å². The van der Waals surface area contributed by atoms with E-state index in [4.69, 9.17) is 9.47 Å². The standard InChI is InChI=1S/C14H27NO2S/c1-16-9-7-15-6-2-13-3-8-17-14(12-13)4-10-18-11-5-14/h13,15H,2-12H2,1H3. The molecule has 4 heteroatoms. The molecule has 0 bridgehead atoms. The molecular formula is C14H27NO2S. The van der Waals surface area contributed by atoms with Crippen molar-refractivity contribution in [2.75, 3.05) is 44.9 Å². The Bertz CT molecular complexity index is 226. The van der Waals surface area contributed by atoms with E-state index in [1.165, 1.54) is 43.6 Å². The highest BCUT2D eigenvalue weighted by atomic mass is 32.2. The molecule has 1 spiro atoms. The second kappa shape index (κ2) is 7.73. The zero-order chi connectivity index (χ0) is 12.7. The van der Waals surface area contributed by atoms with E-state index >= 15 is 0 Å². The Balaban J connectivity index is 1.66. The molecule has 2 fully saturated rings. The molecule has 0 amide bonds. The Morgan fingerprint density at radius 2 is 2.17 bits per heavy atom. The molecule has 0 aromatic carbocycles. The molecule has 1 unspecified atom stereocenters. The Labute approximate surface area is 115 Å². The quantitative estimate of drug-likeness (QED) is 0.752. The van der Waals surface area contributed by atoms with Gasteiger partial charge in [0.1, 0.15) is 0 Å². The summed E-state index contributed by atoms with van der Waals surface area (Å²) in [6.07, 6.45) is 6.37. The number of methoxy groups -OCH3 is 1. The highest BCUT2D eigenvalue weighted by Crippen LogP contribution is 2.40. The minimum absolute atomic E-state index is 0.251. The third-order valence-electron chi connectivity index (χ3n) is 4.21. The number of hydrogen-bond acceptors (Lipinski definition) is 4. The first-order valence-corrected chi connectivity index (χ1v) is 8.41. The van der Waals surface area contributed by atoms with Gasteiger partial charge in [0.2, 0.25) is 0 Å². The molecule has 0 aliphatic carbocycles. The molecule has 1 atom stereocenters. The molecule has 1 N–H and O–H groups in total. The fourth-order valence-electron chi connectivity index (χ4n) is 3.07. The van der Waals surface area contributed by atoms with Crippen LogP contribution < -0.4 is 5.32 Å². The molecule has 2 heterocycles. The van der Waals surface area contributed by atoms with Gasteiger partial charge in [0, 0.05) is 20.3 Å². The largest absolute Gasteiger partial charge is 0.383 e. The summed E-state index contributed by atoms with van der Waals surface area (Å²) in [5.41, 5.74) is 0.251. The fraction of sp³-hybridized carbons (Fsp3) is 1.00. The smallest absolute Gasteiger partial charge is 0.0700 e. The second-order valence-corrected chi connectivity index (χ2v) is 6.76. The van der Waals surface area contributed by atoms with Crippen LogP contribution in [0.2, 0.25) is 0 Å². The monoisotopic (exact) mass is 273 g/mol. The van der Waals surface area contributed by atoms with Gasteiger partial charge in [-0.05, 0) is 56.1 Å². The SMILES string of the molecule is COCCNCCC1CCOC2(CCSCC2)C1. The zero-order valence-electron chi connectivity index (χ0n) is 11.6. The molecule has 2 rings (SSSR count). The maximum Gasteiger partial charge on any atom is 0.0700 e. The van der Waals surface area contributed by atoms with Gasteiger partial charge in [-0.1, -0.05) is 0 Å². The fourth-order valence-corrected chi connectivity index (χ4v) is 4.31. The Morgan fingerprint density at radius 3 is 2.94 bits per heavy atom. The van der Waals surface area contributed by atoms with Gasteiger partial charge in [-0.15, -0.1) is 0 Å². The summed E-state index contributed by atoms with van der Waals surface area (Å²) in [4.78, 5) is 0. The summed E-state index contributed by atoms with van der Waals surface area (Å²) >= 11 is 2.08. The molecule has 2 aliphatic rings. The molecule has 2 aliphatic heterocycles. The maximum atomic E-state index is 6.13. The van der Waals surface area contributed by atoms with Crippen LogP contribution in [-0.4, -0.2) is 50.5 Å². The van der Waals surface area contributed by atoms with E-state index in [2.05, 4.69) is 17.1 Å². The van der Waals surface area contributed by atoms with Crippen molar-refractivity contribution in [3.05, 3.63) is 0 Å². The predicted molar refractivity (Wildman–Crippen MR) is 77.3 cm³/mol. The minimum Gasteiger partial charge on any atom is -0.383 e. The van der Waals surface area contributed by atoms with E-state index in [1.807, 2.05) is 0 Å². The lowest BCUT2D eigenvalue weighted by Gasteiger charge is -2.43. The number of hydrogen-bond donors (Lipinski definition) is 1. The van der Waals surface area contributed by atoms with Crippen molar-refractivity contribution in [2.45, 2.75) is 37.7 Å². The first kappa shape index (κ1) is 14.6. The van der Waals surface area contributed by atoms with Gasteiger partial charge in [-0.2, -0.15) is 11.8 Å². The van der Waals surface area contributed by atoms with Gasteiger partial charge in [0.25, 0.3) is 0 Å². The molecular weight excluding hydrogens is 246 g/mol. The van der Waals surface area contributed by atoms with E-state index in [-0.39, 0.29) is 5.60 Å². The second-order valence-electron chi connectivity index (χ2n) is 5.53. The van der Waals surface area contributed by atoms with Crippen molar-refractivity contribution in [1.82, 2.24) is 5.32 Å². The van der Waals surface area contributed by atoms with Crippen LogP contribution in [0.15, 0.2) is 0 Å². The maximum absolute atomic E-state index is 6.13. The van der Waals surface area contributed by atoms with Gasteiger partial charge in [0.05, 0.1) is 12.2 Å². The Hall–Kier alpha value is 0.230. The van der Waals surface area contributed by atoms with Crippen LogP contribution in [0.3, 0.4) is 0 Å². The lowest BCUT2D eigenvalue weighted by atomic mass is 9.80. The number of thioether (sulfide) groups is 1. The average molecular weight is 273 g/mol.